The van der Waals surface area contributed by atoms with Crippen LogP contribution < -0.4 is 15.0 Å². The first kappa shape index (κ1) is 27.9. The highest BCUT2D eigenvalue weighted by Crippen LogP contribution is 2.48. The van der Waals surface area contributed by atoms with E-state index in [0.717, 1.165) is 37.1 Å². The lowest BCUT2D eigenvalue weighted by Crippen LogP contribution is -2.38. The third-order valence-corrected chi connectivity index (χ3v) is 9.28. The standard InChI is InChI=1S/C32H33F2N3O6/c1-4-31(43-27(39)8-11-36-9-6-5-7-10-36)21-14-23-29-20(16-37(23)30(40)18(21)13-26(31)38)28(17(2)3)19-12-24-25(15-22(19)35-29)42-32(33,34)41-24/h12,14-15,17H,4-11,13,16H2,1-3H3. The van der Waals surface area contributed by atoms with E-state index in [0.29, 0.717) is 40.0 Å². The molecular weight excluding hydrogens is 560 g/mol. The molecule has 1 aromatic carbocycles. The number of pyridine rings is 2. The minimum absolute atomic E-state index is 0.0332. The number of halogens is 2. The van der Waals surface area contributed by atoms with E-state index in [1.54, 1.807) is 17.6 Å². The number of likely N-dealkylation sites (tertiary alicyclic amines) is 1. The lowest BCUT2D eigenvalue weighted by Gasteiger charge is -2.29. The van der Waals surface area contributed by atoms with Crippen molar-refractivity contribution in [1.82, 2.24) is 14.5 Å². The Bertz CT molecular complexity index is 1760. The van der Waals surface area contributed by atoms with Gasteiger partial charge in [0.05, 0.1) is 29.9 Å². The van der Waals surface area contributed by atoms with E-state index in [1.807, 2.05) is 13.8 Å². The number of carbonyl (C=O) groups excluding carboxylic acids is 2. The van der Waals surface area contributed by atoms with Gasteiger partial charge in [0.25, 0.3) is 5.56 Å². The van der Waals surface area contributed by atoms with Crippen LogP contribution in [0, 0.1) is 0 Å². The van der Waals surface area contributed by atoms with Crippen molar-refractivity contribution in [2.45, 2.75) is 83.7 Å². The summed E-state index contributed by atoms with van der Waals surface area (Å²) < 4.78 is 44.7. The first-order valence-electron chi connectivity index (χ1n) is 15.0. The van der Waals surface area contributed by atoms with Crippen molar-refractivity contribution in [1.29, 1.82) is 0 Å². The SMILES string of the molecule is CCC1(OC(=O)CCN2CCCCC2)C(=O)Cc2c1cc1n(c2=O)Cc2c-1nc1cc3c(cc1c2C(C)C)OC(F)(F)O3. The Morgan fingerprint density at radius 2 is 1.79 bits per heavy atom. The molecule has 43 heavy (non-hydrogen) atoms. The zero-order valence-electron chi connectivity index (χ0n) is 24.4. The molecule has 7 rings (SSSR count). The number of fused-ring (bicyclic) bond motifs is 6. The molecule has 0 spiro atoms. The fourth-order valence-corrected chi connectivity index (χ4v) is 7.24. The predicted molar refractivity (Wildman–Crippen MR) is 153 cm³/mol. The average molecular weight is 594 g/mol. The second kappa shape index (κ2) is 9.83. The number of carbonyl (C=O) groups is 2. The highest BCUT2D eigenvalue weighted by Gasteiger charge is 2.51. The largest absolute Gasteiger partial charge is 0.586 e. The van der Waals surface area contributed by atoms with Gasteiger partial charge < -0.3 is 23.7 Å². The van der Waals surface area contributed by atoms with E-state index in [2.05, 4.69) is 9.64 Å². The number of alkyl halides is 2. The first-order valence-corrected chi connectivity index (χ1v) is 15.0. The third-order valence-electron chi connectivity index (χ3n) is 9.28. The number of aromatic nitrogens is 2. The van der Waals surface area contributed by atoms with Crippen LogP contribution in [0.1, 0.15) is 81.0 Å². The quantitative estimate of drug-likeness (QED) is 0.288. The van der Waals surface area contributed by atoms with Gasteiger partial charge in [0.2, 0.25) is 0 Å². The molecule has 9 nitrogen and oxygen atoms in total. The van der Waals surface area contributed by atoms with Gasteiger partial charge in [0, 0.05) is 41.1 Å². The summed E-state index contributed by atoms with van der Waals surface area (Å²) in [4.78, 5) is 47.6. The van der Waals surface area contributed by atoms with Gasteiger partial charge in [-0.25, -0.2) is 4.98 Å². The van der Waals surface area contributed by atoms with Gasteiger partial charge in [0.1, 0.15) is 0 Å². The molecule has 4 aliphatic rings. The molecule has 1 unspecified atom stereocenters. The summed E-state index contributed by atoms with van der Waals surface area (Å²) in [6.45, 7) is 8.44. The smallest absolute Gasteiger partial charge is 0.446 e. The van der Waals surface area contributed by atoms with Crippen LogP contribution in [0.25, 0.3) is 22.3 Å². The minimum atomic E-state index is -3.76. The second-order valence-corrected chi connectivity index (χ2v) is 12.2. The molecule has 1 aliphatic carbocycles. The van der Waals surface area contributed by atoms with Crippen LogP contribution in [0.2, 0.25) is 0 Å². The molecule has 0 amide bonds. The van der Waals surface area contributed by atoms with Crippen molar-refractivity contribution in [3.63, 3.8) is 0 Å². The Hall–Kier alpha value is -3.86. The second-order valence-electron chi connectivity index (χ2n) is 12.2. The molecular formula is C32H33F2N3O6. The Morgan fingerprint density at radius 3 is 2.49 bits per heavy atom. The van der Waals surface area contributed by atoms with E-state index in [4.69, 9.17) is 14.5 Å². The van der Waals surface area contributed by atoms with Crippen LogP contribution >= 0.6 is 0 Å². The fraction of sp³-hybridized carbons (Fsp3) is 0.500. The first-order chi connectivity index (χ1) is 20.5. The number of Topliss-reactive ketones (excluding diaryl/α,β-unsaturated/α-hetero) is 1. The molecule has 0 N–H and O–H groups in total. The van der Waals surface area contributed by atoms with E-state index >= 15 is 0 Å². The highest BCUT2D eigenvalue weighted by atomic mass is 19.3. The maximum Gasteiger partial charge on any atom is 0.586 e. The molecule has 3 aliphatic heterocycles. The molecule has 1 saturated heterocycles. The van der Waals surface area contributed by atoms with Gasteiger partial charge in [-0.3, -0.25) is 14.4 Å². The number of benzene rings is 1. The van der Waals surface area contributed by atoms with Crippen molar-refractivity contribution in [2.24, 2.45) is 0 Å². The number of piperidine rings is 1. The lowest BCUT2D eigenvalue weighted by molar-refractivity contribution is -0.286. The molecule has 226 valence electrons. The molecule has 1 fully saturated rings. The summed E-state index contributed by atoms with van der Waals surface area (Å²) in [5.41, 5.74) is 2.02. The van der Waals surface area contributed by atoms with Crippen molar-refractivity contribution in [2.75, 3.05) is 19.6 Å². The Labute approximate surface area is 246 Å². The van der Waals surface area contributed by atoms with Crippen LogP contribution in [-0.2, 0) is 32.9 Å². The van der Waals surface area contributed by atoms with Gasteiger partial charge in [-0.2, -0.15) is 0 Å². The molecule has 3 aromatic rings. The molecule has 2 aromatic heterocycles. The maximum atomic E-state index is 13.9. The summed E-state index contributed by atoms with van der Waals surface area (Å²) in [5.74, 6) is -0.985. The van der Waals surface area contributed by atoms with Crippen LogP contribution in [0.3, 0.4) is 0 Å². The van der Waals surface area contributed by atoms with E-state index in [-0.39, 0.29) is 54.6 Å². The minimum Gasteiger partial charge on any atom is -0.446 e. The topological polar surface area (TPSA) is 100.0 Å². The zero-order chi connectivity index (χ0) is 30.3. The van der Waals surface area contributed by atoms with Crippen molar-refractivity contribution >= 4 is 22.7 Å². The van der Waals surface area contributed by atoms with Crippen molar-refractivity contribution < 1.29 is 32.6 Å². The molecule has 1 atom stereocenters. The van der Waals surface area contributed by atoms with E-state index < -0.39 is 17.9 Å². The number of ether oxygens (including phenoxy) is 3. The number of hydrogen-bond acceptors (Lipinski definition) is 8. The number of ketones is 1. The van der Waals surface area contributed by atoms with Crippen LogP contribution in [0.4, 0.5) is 8.78 Å². The predicted octanol–water partition coefficient (Wildman–Crippen LogP) is 5.02. The van der Waals surface area contributed by atoms with Crippen LogP contribution in [0.15, 0.2) is 23.0 Å². The lowest BCUT2D eigenvalue weighted by atomic mass is 9.90. The summed E-state index contributed by atoms with van der Waals surface area (Å²) >= 11 is 0. The van der Waals surface area contributed by atoms with Gasteiger partial charge in [0.15, 0.2) is 22.9 Å². The normalized spacial score (nSPS) is 21.8. The summed E-state index contributed by atoms with van der Waals surface area (Å²) in [7, 11) is 0. The number of nitrogens with zero attached hydrogens (tertiary/aromatic N) is 3. The molecule has 0 bridgehead atoms. The van der Waals surface area contributed by atoms with Crippen molar-refractivity contribution in [3.05, 3.63) is 50.8 Å². The Balaban J connectivity index is 1.30. The molecule has 5 heterocycles. The molecule has 11 heteroatoms. The zero-order valence-corrected chi connectivity index (χ0v) is 24.4. The maximum absolute atomic E-state index is 13.9. The fourth-order valence-electron chi connectivity index (χ4n) is 7.24. The number of esters is 1. The number of rotatable bonds is 6. The van der Waals surface area contributed by atoms with Crippen molar-refractivity contribution in [3.8, 4) is 22.9 Å². The summed E-state index contributed by atoms with van der Waals surface area (Å²) in [5, 5.41) is 0.642. The average Bonchev–Trinajstić information content (AvgIpc) is 3.58. The van der Waals surface area contributed by atoms with E-state index in [1.165, 1.54) is 18.6 Å². The Morgan fingerprint density at radius 1 is 1.07 bits per heavy atom. The summed E-state index contributed by atoms with van der Waals surface area (Å²) in [6, 6.07) is 4.71. The van der Waals surface area contributed by atoms with Crippen LogP contribution in [-0.4, -0.2) is 52.1 Å². The van der Waals surface area contributed by atoms with Gasteiger partial charge in [-0.05, 0) is 56.0 Å². The Kier molecular flexibility index (Phi) is 6.39. The third kappa shape index (κ3) is 4.34. The monoisotopic (exact) mass is 593 g/mol. The molecule has 0 saturated carbocycles. The van der Waals surface area contributed by atoms with E-state index in [9.17, 15) is 23.2 Å². The molecule has 0 radical (unpaired) electrons. The van der Waals surface area contributed by atoms with Gasteiger partial charge >= 0.3 is 12.3 Å². The number of hydrogen-bond donors (Lipinski definition) is 0. The van der Waals surface area contributed by atoms with Gasteiger partial charge in [-0.15, -0.1) is 8.78 Å². The van der Waals surface area contributed by atoms with Crippen LogP contribution in [0.5, 0.6) is 11.5 Å². The highest BCUT2D eigenvalue weighted by molar-refractivity contribution is 5.98. The van der Waals surface area contributed by atoms with Gasteiger partial charge in [-0.1, -0.05) is 27.2 Å². The summed E-state index contributed by atoms with van der Waals surface area (Å²) in [6.07, 6.45) is -0.108.